The summed E-state index contributed by atoms with van der Waals surface area (Å²) in [7, 11) is 0. The second-order valence-electron chi connectivity index (χ2n) is 3.88. The van der Waals surface area contributed by atoms with Gasteiger partial charge in [0.15, 0.2) is 0 Å². The Hall–Kier alpha value is -1.69. The van der Waals surface area contributed by atoms with Gasteiger partial charge in [0.1, 0.15) is 11.8 Å². The average molecular weight is 259 g/mol. The first-order valence-corrected chi connectivity index (χ1v) is 5.40. The number of alkyl halides is 2. The molecule has 0 spiro atoms. The van der Waals surface area contributed by atoms with Crippen LogP contribution in [0.4, 0.5) is 8.78 Å². The summed E-state index contributed by atoms with van der Waals surface area (Å²) >= 11 is 0. The van der Waals surface area contributed by atoms with Crippen LogP contribution in [-0.4, -0.2) is 23.6 Å². The number of benzene rings is 1. The van der Waals surface area contributed by atoms with Crippen LogP contribution >= 0.6 is 0 Å². The van der Waals surface area contributed by atoms with Crippen molar-refractivity contribution in [3.05, 3.63) is 29.3 Å². The van der Waals surface area contributed by atoms with E-state index < -0.39 is 17.9 Å². The first-order valence-electron chi connectivity index (χ1n) is 5.40. The number of aromatic hydroxyl groups is 1. The molecule has 1 rings (SSSR count). The third-order valence-electron chi connectivity index (χ3n) is 2.46. The van der Waals surface area contributed by atoms with Crippen molar-refractivity contribution < 1.29 is 23.4 Å². The molecule has 100 valence electrons. The first-order chi connectivity index (χ1) is 8.30. The summed E-state index contributed by atoms with van der Waals surface area (Å²) in [6.45, 7) is 2.95. The predicted octanol–water partition coefficient (Wildman–Crippen LogP) is 1.90. The van der Waals surface area contributed by atoms with Gasteiger partial charge in [0, 0.05) is 5.56 Å². The highest BCUT2D eigenvalue weighted by Gasteiger charge is 2.48. The molecule has 0 heterocycles. The Bertz CT molecular complexity index is 449. The van der Waals surface area contributed by atoms with E-state index in [0.717, 1.165) is 0 Å². The molecule has 0 aromatic heterocycles. The molecule has 0 bridgehead atoms. The van der Waals surface area contributed by atoms with E-state index in [1.165, 1.54) is 25.1 Å². The van der Waals surface area contributed by atoms with E-state index in [1.807, 2.05) is 0 Å². The van der Waals surface area contributed by atoms with Gasteiger partial charge in [0.05, 0.1) is 6.61 Å². The SMILES string of the molecule is CCOC(=O)C(F)(F)[C@H](N)c1ccc(C)cc1O. The minimum Gasteiger partial charge on any atom is -0.508 e. The van der Waals surface area contributed by atoms with Crippen molar-refractivity contribution in [2.45, 2.75) is 25.8 Å². The molecule has 3 N–H and O–H groups in total. The zero-order valence-electron chi connectivity index (χ0n) is 10.1. The first kappa shape index (κ1) is 14.4. The number of rotatable bonds is 4. The van der Waals surface area contributed by atoms with Crippen molar-refractivity contribution in [2.24, 2.45) is 5.73 Å². The highest BCUT2D eigenvalue weighted by molar-refractivity contribution is 5.79. The largest absolute Gasteiger partial charge is 0.508 e. The molecule has 0 aliphatic rings. The van der Waals surface area contributed by atoms with Gasteiger partial charge >= 0.3 is 11.9 Å². The van der Waals surface area contributed by atoms with Gasteiger partial charge in [-0.15, -0.1) is 0 Å². The van der Waals surface area contributed by atoms with E-state index in [9.17, 15) is 18.7 Å². The smallest absolute Gasteiger partial charge is 0.379 e. The summed E-state index contributed by atoms with van der Waals surface area (Å²) in [4.78, 5) is 11.1. The summed E-state index contributed by atoms with van der Waals surface area (Å²) < 4.78 is 31.6. The van der Waals surface area contributed by atoms with Gasteiger partial charge in [-0.05, 0) is 25.5 Å². The summed E-state index contributed by atoms with van der Waals surface area (Å²) in [6.07, 6.45) is 0. The zero-order chi connectivity index (χ0) is 13.9. The molecule has 1 aromatic carbocycles. The van der Waals surface area contributed by atoms with Crippen LogP contribution in [0.2, 0.25) is 0 Å². The summed E-state index contributed by atoms with van der Waals surface area (Å²) in [5.41, 5.74) is 5.85. The number of carbonyl (C=O) groups is 1. The average Bonchev–Trinajstić information content (AvgIpc) is 2.28. The Morgan fingerprint density at radius 2 is 2.17 bits per heavy atom. The fraction of sp³-hybridized carbons (Fsp3) is 0.417. The fourth-order valence-corrected chi connectivity index (χ4v) is 1.47. The second-order valence-corrected chi connectivity index (χ2v) is 3.88. The van der Waals surface area contributed by atoms with Crippen LogP contribution in [0.1, 0.15) is 24.1 Å². The molecule has 18 heavy (non-hydrogen) atoms. The zero-order valence-corrected chi connectivity index (χ0v) is 10.1. The molecular formula is C12H15F2NO3. The third-order valence-corrected chi connectivity index (χ3v) is 2.46. The molecule has 0 aliphatic heterocycles. The molecule has 0 unspecified atom stereocenters. The molecule has 0 fully saturated rings. The lowest BCUT2D eigenvalue weighted by atomic mass is 9.99. The van der Waals surface area contributed by atoms with Gasteiger partial charge in [-0.2, -0.15) is 8.78 Å². The monoisotopic (exact) mass is 259 g/mol. The summed E-state index contributed by atoms with van der Waals surface area (Å²) in [5.74, 6) is -5.95. The van der Waals surface area contributed by atoms with Crippen LogP contribution in [0.15, 0.2) is 18.2 Å². The van der Waals surface area contributed by atoms with E-state index in [2.05, 4.69) is 4.74 Å². The number of ether oxygens (including phenoxy) is 1. The number of halogens is 2. The molecule has 0 radical (unpaired) electrons. The Balaban J connectivity index is 3.05. The molecule has 0 aliphatic carbocycles. The van der Waals surface area contributed by atoms with Crippen LogP contribution in [0, 0.1) is 6.92 Å². The maximum Gasteiger partial charge on any atom is 0.379 e. The number of hydrogen-bond donors (Lipinski definition) is 2. The molecule has 0 saturated heterocycles. The van der Waals surface area contributed by atoms with Crippen molar-refractivity contribution in [3.8, 4) is 5.75 Å². The van der Waals surface area contributed by atoms with Gasteiger partial charge < -0.3 is 15.6 Å². The highest BCUT2D eigenvalue weighted by atomic mass is 19.3. The molecule has 1 aromatic rings. The molecular weight excluding hydrogens is 244 g/mol. The number of nitrogens with two attached hydrogens (primary N) is 1. The lowest BCUT2D eigenvalue weighted by Crippen LogP contribution is -2.41. The lowest BCUT2D eigenvalue weighted by Gasteiger charge is -2.22. The highest BCUT2D eigenvalue weighted by Crippen LogP contribution is 2.35. The number of carbonyl (C=O) groups excluding carboxylic acids is 1. The van der Waals surface area contributed by atoms with Crippen molar-refractivity contribution in [1.82, 2.24) is 0 Å². The summed E-state index contributed by atoms with van der Waals surface area (Å²) in [6, 6.07) is 2.15. The lowest BCUT2D eigenvalue weighted by molar-refractivity contribution is -0.174. The minimum atomic E-state index is -3.89. The number of phenolic OH excluding ortho intramolecular Hbond substituents is 1. The van der Waals surface area contributed by atoms with Gasteiger partial charge in [0.25, 0.3) is 0 Å². The van der Waals surface area contributed by atoms with E-state index in [4.69, 9.17) is 5.73 Å². The molecule has 6 heteroatoms. The van der Waals surface area contributed by atoms with Crippen LogP contribution in [0.25, 0.3) is 0 Å². The normalized spacial score (nSPS) is 13.2. The summed E-state index contributed by atoms with van der Waals surface area (Å²) in [5, 5.41) is 9.57. The van der Waals surface area contributed by atoms with Crippen molar-refractivity contribution in [3.63, 3.8) is 0 Å². The molecule has 0 saturated carbocycles. The van der Waals surface area contributed by atoms with Gasteiger partial charge in [-0.1, -0.05) is 12.1 Å². The maximum atomic E-state index is 13.7. The predicted molar refractivity (Wildman–Crippen MR) is 61.4 cm³/mol. The van der Waals surface area contributed by atoms with Gasteiger partial charge in [-0.25, -0.2) is 4.79 Å². The Morgan fingerprint density at radius 1 is 1.56 bits per heavy atom. The third kappa shape index (κ3) is 2.76. The van der Waals surface area contributed by atoms with Crippen molar-refractivity contribution >= 4 is 5.97 Å². The second kappa shape index (κ2) is 5.30. The van der Waals surface area contributed by atoms with Crippen LogP contribution in [0.5, 0.6) is 5.75 Å². The number of phenols is 1. The van der Waals surface area contributed by atoms with E-state index in [0.29, 0.717) is 5.56 Å². The maximum absolute atomic E-state index is 13.7. The van der Waals surface area contributed by atoms with Gasteiger partial charge in [0.2, 0.25) is 0 Å². The Kier molecular flexibility index (Phi) is 4.24. The molecule has 4 nitrogen and oxygen atoms in total. The topological polar surface area (TPSA) is 72.5 Å². The van der Waals surface area contributed by atoms with E-state index in [1.54, 1.807) is 6.92 Å². The van der Waals surface area contributed by atoms with E-state index >= 15 is 0 Å². The number of aryl methyl sites for hydroxylation is 1. The number of esters is 1. The quantitative estimate of drug-likeness (QED) is 0.810. The molecule has 0 amide bonds. The minimum absolute atomic E-state index is 0.166. The van der Waals surface area contributed by atoms with Gasteiger partial charge in [-0.3, -0.25) is 0 Å². The van der Waals surface area contributed by atoms with E-state index in [-0.39, 0.29) is 17.9 Å². The standard InChI is InChI=1S/C12H15F2NO3/c1-3-18-11(17)12(13,14)10(15)8-5-4-7(2)6-9(8)16/h4-6,10,16H,3,15H2,1-2H3/t10-/m1/s1. The van der Waals surface area contributed by atoms with Crippen molar-refractivity contribution in [2.75, 3.05) is 6.61 Å². The van der Waals surface area contributed by atoms with Crippen LogP contribution in [-0.2, 0) is 9.53 Å². The fourth-order valence-electron chi connectivity index (χ4n) is 1.47. The van der Waals surface area contributed by atoms with Crippen LogP contribution < -0.4 is 5.73 Å². The Labute approximate surface area is 103 Å². The Morgan fingerprint density at radius 3 is 2.67 bits per heavy atom. The van der Waals surface area contributed by atoms with Crippen LogP contribution in [0.3, 0.4) is 0 Å². The number of hydrogen-bond acceptors (Lipinski definition) is 4. The molecule has 1 atom stereocenters. The van der Waals surface area contributed by atoms with Crippen molar-refractivity contribution in [1.29, 1.82) is 0 Å².